The highest BCUT2D eigenvalue weighted by Crippen LogP contribution is 2.17. The first-order valence-corrected chi connectivity index (χ1v) is 7.55. The highest BCUT2D eigenvalue weighted by Gasteiger charge is 2.15. The lowest BCUT2D eigenvalue weighted by atomic mass is 10.1. The molecule has 0 saturated carbocycles. The zero-order chi connectivity index (χ0) is 14.5. The molecule has 2 aromatic heterocycles. The Morgan fingerprint density at radius 2 is 1.67 bits per heavy atom. The van der Waals surface area contributed by atoms with E-state index in [9.17, 15) is 0 Å². The fourth-order valence-electron chi connectivity index (χ4n) is 2.54. The van der Waals surface area contributed by atoms with Gasteiger partial charge < -0.3 is 10.2 Å². The first-order chi connectivity index (χ1) is 10.4. The zero-order valence-corrected chi connectivity index (χ0v) is 12.4. The Morgan fingerprint density at radius 1 is 0.952 bits per heavy atom. The van der Waals surface area contributed by atoms with Crippen molar-refractivity contribution in [1.82, 2.24) is 24.7 Å². The second-order valence-corrected chi connectivity index (χ2v) is 5.21. The van der Waals surface area contributed by atoms with E-state index in [1.807, 2.05) is 19.3 Å². The molecule has 7 heteroatoms. The molecule has 2 aromatic rings. The number of aromatic nitrogens is 5. The van der Waals surface area contributed by atoms with Crippen LogP contribution in [0, 0.1) is 0 Å². The maximum absolute atomic E-state index is 4.58. The average Bonchev–Trinajstić information content (AvgIpc) is 3.00. The van der Waals surface area contributed by atoms with E-state index in [1.54, 1.807) is 10.9 Å². The van der Waals surface area contributed by atoms with Gasteiger partial charge in [0.1, 0.15) is 0 Å². The van der Waals surface area contributed by atoms with Gasteiger partial charge in [0.15, 0.2) is 0 Å². The molecule has 0 aliphatic carbocycles. The van der Waals surface area contributed by atoms with E-state index < -0.39 is 0 Å². The molecule has 1 aliphatic heterocycles. The molecule has 0 unspecified atom stereocenters. The Labute approximate surface area is 124 Å². The van der Waals surface area contributed by atoms with Crippen LogP contribution in [0.4, 0.5) is 11.9 Å². The molecule has 1 N–H and O–H groups in total. The smallest absolute Gasteiger partial charge is 0.257 e. The predicted molar refractivity (Wildman–Crippen MR) is 81.8 cm³/mol. The lowest BCUT2D eigenvalue weighted by Gasteiger charge is -2.25. The maximum atomic E-state index is 4.58. The molecule has 0 radical (unpaired) electrons. The summed E-state index contributed by atoms with van der Waals surface area (Å²) in [5.74, 6) is 1.87. The zero-order valence-electron chi connectivity index (χ0n) is 12.4. The van der Waals surface area contributed by atoms with Crippen LogP contribution in [0.2, 0.25) is 0 Å². The summed E-state index contributed by atoms with van der Waals surface area (Å²) in [6.45, 7) is 2.01. The average molecular weight is 287 g/mol. The first kappa shape index (κ1) is 13.8. The monoisotopic (exact) mass is 287 g/mol. The number of rotatable bonds is 3. The van der Waals surface area contributed by atoms with Crippen LogP contribution in [-0.4, -0.2) is 44.9 Å². The van der Waals surface area contributed by atoms with Gasteiger partial charge in [-0.05, 0) is 18.9 Å². The van der Waals surface area contributed by atoms with Crippen molar-refractivity contribution in [3.63, 3.8) is 0 Å². The summed E-state index contributed by atoms with van der Waals surface area (Å²) in [5, 5.41) is 7.21. The van der Waals surface area contributed by atoms with E-state index in [2.05, 4.69) is 30.3 Å². The van der Waals surface area contributed by atoms with Gasteiger partial charge in [-0.15, -0.1) is 0 Å². The van der Waals surface area contributed by atoms with Crippen LogP contribution in [0.15, 0.2) is 18.5 Å². The molecule has 1 fully saturated rings. The highest BCUT2D eigenvalue weighted by atomic mass is 15.4. The van der Waals surface area contributed by atoms with Crippen LogP contribution >= 0.6 is 0 Å². The van der Waals surface area contributed by atoms with Gasteiger partial charge >= 0.3 is 0 Å². The van der Waals surface area contributed by atoms with Crippen molar-refractivity contribution in [2.24, 2.45) is 0 Å². The third kappa shape index (κ3) is 3.29. The van der Waals surface area contributed by atoms with E-state index in [0.29, 0.717) is 11.9 Å². The van der Waals surface area contributed by atoms with Crippen molar-refractivity contribution < 1.29 is 0 Å². The third-order valence-electron chi connectivity index (χ3n) is 3.68. The molecule has 3 rings (SSSR count). The summed E-state index contributed by atoms with van der Waals surface area (Å²) in [4.78, 5) is 15.7. The van der Waals surface area contributed by atoms with Crippen LogP contribution < -0.4 is 10.2 Å². The molecule has 3 heterocycles. The third-order valence-corrected chi connectivity index (χ3v) is 3.68. The first-order valence-electron chi connectivity index (χ1n) is 7.55. The van der Waals surface area contributed by atoms with Crippen LogP contribution in [-0.2, 0) is 0 Å². The fourth-order valence-corrected chi connectivity index (χ4v) is 2.54. The summed E-state index contributed by atoms with van der Waals surface area (Å²) in [6, 6.07) is 1.86. The van der Waals surface area contributed by atoms with E-state index in [0.717, 1.165) is 19.0 Å². The fraction of sp³-hybridized carbons (Fsp3) is 0.571. The molecular weight excluding hydrogens is 266 g/mol. The molecule has 0 atom stereocenters. The molecule has 21 heavy (non-hydrogen) atoms. The Kier molecular flexibility index (Phi) is 4.28. The molecule has 0 amide bonds. The molecular formula is C14H21N7. The Hall–Kier alpha value is -2.18. The van der Waals surface area contributed by atoms with Gasteiger partial charge in [-0.1, -0.05) is 19.3 Å². The maximum Gasteiger partial charge on any atom is 0.257 e. The van der Waals surface area contributed by atoms with Crippen molar-refractivity contribution in [2.45, 2.75) is 32.1 Å². The summed E-state index contributed by atoms with van der Waals surface area (Å²) < 4.78 is 1.66. The van der Waals surface area contributed by atoms with Gasteiger partial charge in [-0.25, -0.2) is 4.68 Å². The van der Waals surface area contributed by atoms with Gasteiger partial charge in [0.25, 0.3) is 5.95 Å². The Bertz CT molecular complexity index is 559. The Balaban J connectivity index is 1.91. The van der Waals surface area contributed by atoms with E-state index >= 15 is 0 Å². The molecule has 0 spiro atoms. The van der Waals surface area contributed by atoms with Crippen molar-refractivity contribution in [2.75, 3.05) is 30.4 Å². The number of nitrogens with one attached hydrogen (secondary N) is 1. The molecule has 112 valence electrons. The SMILES string of the molecule is CNc1nc(N2CCCCCCC2)nc(-n2cccn2)n1. The molecule has 0 bridgehead atoms. The van der Waals surface area contributed by atoms with E-state index in [4.69, 9.17) is 0 Å². The summed E-state index contributed by atoms with van der Waals surface area (Å²) >= 11 is 0. The lowest BCUT2D eigenvalue weighted by Crippen LogP contribution is -2.29. The number of nitrogens with zero attached hydrogens (tertiary/aromatic N) is 6. The van der Waals surface area contributed by atoms with Gasteiger partial charge in [-0.2, -0.15) is 20.1 Å². The second-order valence-electron chi connectivity index (χ2n) is 5.21. The summed E-state index contributed by atoms with van der Waals surface area (Å²) in [6.07, 6.45) is 9.85. The van der Waals surface area contributed by atoms with Crippen LogP contribution in [0.1, 0.15) is 32.1 Å². The molecule has 0 aromatic carbocycles. The number of hydrogen-bond acceptors (Lipinski definition) is 6. The minimum atomic E-state index is 0.552. The number of hydrogen-bond donors (Lipinski definition) is 1. The standard InChI is InChI=1S/C14H21N7/c1-15-12-17-13(20-9-5-3-2-4-6-10-20)19-14(18-12)21-11-7-8-16-21/h7-8,11H,2-6,9-10H2,1H3,(H,15,17,18,19). The summed E-state index contributed by atoms with van der Waals surface area (Å²) in [5.41, 5.74) is 0. The quantitative estimate of drug-likeness (QED) is 0.929. The summed E-state index contributed by atoms with van der Waals surface area (Å²) in [7, 11) is 1.82. The van der Waals surface area contributed by atoms with Gasteiger partial charge in [0.05, 0.1) is 0 Å². The highest BCUT2D eigenvalue weighted by molar-refractivity contribution is 5.39. The van der Waals surface area contributed by atoms with Crippen molar-refractivity contribution >= 4 is 11.9 Å². The second kappa shape index (κ2) is 6.51. The van der Waals surface area contributed by atoms with Crippen molar-refractivity contribution in [1.29, 1.82) is 0 Å². The topological polar surface area (TPSA) is 71.8 Å². The van der Waals surface area contributed by atoms with Crippen molar-refractivity contribution in [3.8, 4) is 5.95 Å². The molecule has 7 nitrogen and oxygen atoms in total. The van der Waals surface area contributed by atoms with Crippen LogP contribution in [0.25, 0.3) is 5.95 Å². The Morgan fingerprint density at radius 3 is 2.33 bits per heavy atom. The van der Waals surface area contributed by atoms with Gasteiger partial charge in [0.2, 0.25) is 11.9 Å². The van der Waals surface area contributed by atoms with Gasteiger partial charge in [0, 0.05) is 32.5 Å². The predicted octanol–water partition coefficient (Wildman–Crippen LogP) is 1.87. The van der Waals surface area contributed by atoms with Gasteiger partial charge in [-0.3, -0.25) is 0 Å². The minimum Gasteiger partial charge on any atom is -0.357 e. The van der Waals surface area contributed by atoms with Crippen LogP contribution in [0.5, 0.6) is 0 Å². The van der Waals surface area contributed by atoms with Crippen molar-refractivity contribution in [3.05, 3.63) is 18.5 Å². The normalized spacial score (nSPS) is 16.3. The lowest BCUT2D eigenvalue weighted by molar-refractivity contribution is 0.549. The van der Waals surface area contributed by atoms with E-state index in [-0.39, 0.29) is 0 Å². The van der Waals surface area contributed by atoms with Crippen LogP contribution in [0.3, 0.4) is 0 Å². The molecule has 1 aliphatic rings. The molecule has 1 saturated heterocycles. The minimum absolute atomic E-state index is 0.552. The van der Waals surface area contributed by atoms with E-state index in [1.165, 1.54) is 32.1 Å². The largest absolute Gasteiger partial charge is 0.357 e. The number of anilines is 2.